The Morgan fingerprint density at radius 3 is 1.60 bits per heavy atom. The second-order valence-corrected chi connectivity index (χ2v) is 16.9. The van der Waals surface area contributed by atoms with Crippen molar-refractivity contribution in [3.8, 4) is 45.4 Å². The topological polar surface area (TPSA) is 256 Å². The van der Waals surface area contributed by atoms with Crippen molar-refractivity contribution >= 4 is 90.2 Å². The van der Waals surface area contributed by atoms with Crippen molar-refractivity contribution in [2.45, 2.75) is 13.0 Å². The summed E-state index contributed by atoms with van der Waals surface area (Å²) < 4.78 is 11.8. The fourth-order valence-corrected chi connectivity index (χ4v) is 8.85. The molecule has 0 radical (unpaired) electrons. The van der Waals surface area contributed by atoms with Crippen molar-refractivity contribution in [2.24, 2.45) is 0 Å². The molecule has 0 atom stereocenters. The normalized spacial score (nSPS) is 11.0. The van der Waals surface area contributed by atoms with E-state index in [1.165, 1.54) is 11.5 Å². The Balaban J connectivity index is 0.000000184. The van der Waals surface area contributed by atoms with Crippen LogP contribution < -0.4 is 10.6 Å². The van der Waals surface area contributed by atoms with E-state index in [0.29, 0.717) is 77.2 Å². The third-order valence-corrected chi connectivity index (χ3v) is 12.2. The van der Waals surface area contributed by atoms with Crippen LogP contribution in [0.3, 0.4) is 0 Å². The molecule has 9 aromatic rings. The van der Waals surface area contributed by atoms with Gasteiger partial charge in [0.2, 0.25) is 0 Å². The standard InChI is InChI=1S/C24H17ClN6O4S.C22H16ClN3O4S/c25-15-8-6-14(7-9-15)19-18-22(34)21(24(35)26-10-17(32)33)27-20(23(18)36-29-19)16-12-31(30-28-16)11-13-4-2-1-3-5-13;23-14-8-6-13(7-9-14)18-17-20(29)19(22(30)24-11-16(27)28)25-15(21(17)31-26-18)10-12-4-2-1-3-5-12/h1-9,12,34H,10-11H2,(H,26,35)(H,32,33);1-9,29H,10-11H2,(H,24,30)(H,27,28). The molecule has 0 unspecified atom stereocenters. The molecular formula is C46H33Cl2N9O8S2. The molecule has 336 valence electrons. The molecule has 0 spiro atoms. The van der Waals surface area contributed by atoms with Crippen LogP contribution in [-0.4, -0.2) is 91.0 Å². The molecule has 5 heterocycles. The molecule has 0 aliphatic heterocycles. The Morgan fingerprint density at radius 1 is 0.597 bits per heavy atom. The molecule has 0 bridgehead atoms. The van der Waals surface area contributed by atoms with Gasteiger partial charge in [-0.05, 0) is 58.5 Å². The Morgan fingerprint density at radius 2 is 1.07 bits per heavy atom. The molecule has 0 aliphatic carbocycles. The fraction of sp³-hybridized carbons (Fsp3) is 0.0870. The number of rotatable bonds is 13. The monoisotopic (exact) mass is 973 g/mol. The molecule has 67 heavy (non-hydrogen) atoms. The van der Waals surface area contributed by atoms with Gasteiger partial charge < -0.3 is 31.1 Å². The van der Waals surface area contributed by atoms with Gasteiger partial charge in [0.25, 0.3) is 11.8 Å². The molecule has 0 aliphatic rings. The van der Waals surface area contributed by atoms with Gasteiger partial charge in [0.1, 0.15) is 24.5 Å². The van der Waals surface area contributed by atoms with E-state index in [1.807, 2.05) is 60.7 Å². The maximum atomic E-state index is 12.8. The van der Waals surface area contributed by atoms with E-state index in [9.17, 15) is 29.4 Å². The van der Waals surface area contributed by atoms with Crippen LogP contribution in [0.2, 0.25) is 10.0 Å². The van der Waals surface area contributed by atoms with E-state index in [0.717, 1.165) is 28.2 Å². The molecule has 6 N–H and O–H groups in total. The Labute approximate surface area is 397 Å². The first-order valence-corrected chi connectivity index (χ1v) is 22.2. The SMILES string of the molecule is O=C(O)CNC(=O)c1nc(-c2cn(Cc3ccccc3)nn2)c2snc(-c3ccc(Cl)cc3)c2c1O.O=C(O)CNC(=O)c1nc(Cc2ccccc2)c2snc(-c3ccc(Cl)cc3)c2c1O. The lowest BCUT2D eigenvalue weighted by atomic mass is 10.0. The zero-order valence-electron chi connectivity index (χ0n) is 34.4. The number of carboxylic acid groups (broad SMARTS) is 2. The summed E-state index contributed by atoms with van der Waals surface area (Å²) in [6, 6.07) is 33.1. The van der Waals surface area contributed by atoms with Crippen LogP contribution in [0.4, 0.5) is 0 Å². The number of halogens is 2. The number of hydrogen-bond acceptors (Lipinski definition) is 14. The summed E-state index contributed by atoms with van der Waals surface area (Å²) in [6.45, 7) is -0.746. The smallest absolute Gasteiger partial charge is 0.322 e. The Kier molecular flexibility index (Phi) is 13.7. The number of aromatic nitrogens is 7. The third-order valence-electron chi connectivity index (χ3n) is 9.90. The summed E-state index contributed by atoms with van der Waals surface area (Å²) in [5.41, 5.74) is 4.96. The summed E-state index contributed by atoms with van der Waals surface area (Å²) in [5, 5.41) is 54.5. The van der Waals surface area contributed by atoms with Crippen molar-refractivity contribution in [1.82, 2.24) is 44.3 Å². The lowest BCUT2D eigenvalue weighted by Gasteiger charge is -2.10. The number of benzene rings is 4. The zero-order chi connectivity index (χ0) is 47.2. The van der Waals surface area contributed by atoms with Gasteiger partial charge in [-0.25, -0.2) is 14.6 Å². The van der Waals surface area contributed by atoms with E-state index in [2.05, 4.69) is 39.7 Å². The number of aromatic hydroxyl groups is 2. The number of nitrogens with one attached hydrogen (secondary N) is 2. The highest BCUT2D eigenvalue weighted by atomic mass is 35.5. The van der Waals surface area contributed by atoms with Crippen molar-refractivity contribution in [2.75, 3.05) is 13.1 Å². The summed E-state index contributed by atoms with van der Waals surface area (Å²) in [6.07, 6.45) is 2.10. The number of hydrogen-bond donors (Lipinski definition) is 6. The van der Waals surface area contributed by atoms with Crippen LogP contribution in [0.25, 0.3) is 54.1 Å². The van der Waals surface area contributed by atoms with Gasteiger partial charge in [0.05, 0.1) is 50.0 Å². The second kappa shape index (κ2) is 20.1. The Hall–Kier alpha value is -7.84. The van der Waals surface area contributed by atoms with Crippen LogP contribution in [0.15, 0.2) is 115 Å². The summed E-state index contributed by atoms with van der Waals surface area (Å²) >= 11 is 14.3. The number of carboxylic acids is 2. The fourth-order valence-electron chi connectivity index (χ4n) is 6.81. The van der Waals surface area contributed by atoms with Gasteiger partial charge in [-0.1, -0.05) is 113 Å². The summed E-state index contributed by atoms with van der Waals surface area (Å²) in [7, 11) is 0. The molecule has 17 nitrogen and oxygen atoms in total. The van der Waals surface area contributed by atoms with Crippen LogP contribution in [0.1, 0.15) is 37.8 Å². The zero-order valence-corrected chi connectivity index (χ0v) is 37.6. The van der Waals surface area contributed by atoms with Crippen LogP contribution >= 0.6 is 46.3 Å². The van der Waals surface area contributed by atoms with Crippen molar-refractivity contribution in [1.29, 1.82) is 0 Å². The second-order valence-electron chi connectivity index (χ2n) is 14.5. The van der Waals surface area contributed by atoms with E-state index in [-0.39, 0.29) is 17.1 Å². The average molecular weight is 975 g/mol. The number of fused-ring (bicyclic) bond motifs is 2. The molecule has 5 aromatic heterocycles. The quantitative estimate of drug-likeness (QED) is 0.0641. The predicted molar refractivity (Wildman–Crippen MR) is 253 cm³/mol. The molecule has 0 fully saturated rings. The minimum Gasteiger partial charge on any atom is -0.505 e. The molecule has 4 aromatic carbocycles. The minimum atomic E-state index is -1.23. The number of carbonyl (C=O) groups is 4. The van der Waals surface area contributed by atoms with Crippen LogP contribution in [0, 0.1) is 0 Å². The lowest BCUT2D eigenvalue weighted by Crippen LogP contribution is -2.30. The number of carbonyl (C=O) groups excluding carboxylic acids is 2. The van der Waals surface area contributed by atoms with E-state index in [1.54, 1.807) is 59.4 Å². The molecule has 2 amide bonds. The van der Waals surface area contributed by atoms with Gasteiger partial charge >= 0.3 is 11.9 Å². The number of pyridine rings is 2. The summed E-state index contributed by atoms with van der Waals surface area (Å²) in [4.78, 5) is 56.0. The van der Waals surface area contributed by atoms with Crippen LogP contribution in [0.5, 0.6) is 11.5 Å². The average Bonchev–Trinajstić information content (AvgIpc) is 4.10. The van der Waals surface area contributed by atoms with Gasteiger partial charge in [-0.2, -0.15) is 8.75 Å². The highest BCUT2D eigenvalue weighted by Crippen LogP contribution is 2.43. The first-order chi connectivity index (χ1) is 32.3. The maximum absolute atomic E-state index is 12.8. The van der Waals surface area contributed by atoms with E-state index < -0.39 is 42.6 Å². The number of aliphatic carboxylic acids is 2. The highest BCUT2D eigenvalue weighted by Gasteiger charge is 2.27. The molecule has 0 saturated carbocycles. The number of amides is 2. The largest absolute Gasteiger partial charge is 0.505 e. The van der Waals surface area contributed by atoms with Gasteiger partial charge in [-0.3, -0.25) is 19.2 Å². The van der Waals surface area contributed by atoms with Crippen molar-refractivity contribution in [3.05, 3.63) is 154 Å². The minimum absolute atomic E-state index is 0.241. The van der Waals surface area contributed by atoms with Crippen molar-refractivity contribution < 1.29 is 39.6 Å². The summed E-state index contributed by atoms with van der Waals surface area (Å²) in [5.74, 6) is -4.79. The first kappa shape index (κ1) is 45.7. The predicted octanol–water partition coefficient (Wildman–Crippen LogP) is 7.96. The number of nitrogens with zero attached hydrogens (tertiary/aromatic N) is 7. The molecular weight excluding hydrogens is 942 g/mol. The van der Waals surface area contributed by atoms with Gasteiger partial charge in [-0.15, -0.1) is 5.10 Å². The van der Waals surface area contributed by atoms with E-state index in [4.69, 9.17) is 33.4 Å². The molecule has 0 saturated heterocycles. The lowest BCUT2D eigenvalue weighted by molar-refractivity contribution is -0.136. The Bertz CT molecular complexity index is 3300. The van der Waals surface area contributed by atoms with Crippen molar-refractivity contribution in [3.63, 3.8) is 0 Å². The maximum Gasteiger partial charge on any atom is 0.322 e. The molecule has 21 heteroatoms. The third kappa shape index (κ3) is 10.3. The van der Waals surface area contributed by atoms with Gasteiger partial charge in [0.15, 0.2) is 22.9 Å². The molecule has 9 rings (SSSR count). The first-order valence-electron chi connectivity index (χ1n) is 19.9. The van der Waals surface area contributed by atoms with E-state index >= 15 is 0 Å². The van der Waals surface area contributed by atoms with Crippen LogP contribution in [-0.2, 0) is 22.6 Å². The highest BCUT2D eigenvalue weighted by molar-refractivity contribution is 7.14. The van der Waals surface area contributed by atoms with Gasteiger partial charge in [0, 0.05) is 27.6 Å².